The molecule has 0 aliphatic heterocycles. The van der Waals surface area contributed by atoms with E-state index >= 15 is 0 Å². The van der Waals surface area contributed by atoms with Crippen LogP contribution < -0.4 is 21.8 Å². The highest BCUT2D eigenvalue weighted by atomic mass is 16.4. The number of aliphatic carboxylic acids is 2. The summed E-state index contributed by atoms with van der Waals surface area (Å²) < 4.78 is 0. The van der Waals surface area contributed by atoms with Crippen molar-refractivity contribution in [1.82, 2.24) is 5.32 Å². The average Bonchev–Trinajstić information content (AvgIpc) is 2.20. The molecule has 0 radical (unpaired) electrons. The molecule has 1 atom stereocenters. The van der Waals surface area contributed by atoms with Gasteiger partial charge in [0, 0.05) is 0 Å². The molecule has 0 aliphatic rings. The second kappa shape index (κ2) is 7.87. The van der Waals surface area contributed by atoms with Gasteiger partial charge in [-0.05, 0) is 12.8 Å². The number of nitrogens with one attached hydrogen (secondary N) is 2. The molecule has 0 aromatic heterocycles. The molecular formula is C9H17N4O5+. The van der Waals surface area contributed by atoms with Gasteiger partial charge in [-0.15, -0.1) is 0 Å². The molecule has 18 heavy (non-hydrogen) atoms. The number of carbonyl (C=O) groups is 3. The molecule has 0 heterocycles. The minimum atomic E-state index is -1.32. The van der Waals surface area contributed by atoms with Crippen LogP contribution in [0.4, 0.5) is 0 Å². The van der Waals surface area contributed by atoms with Gasteiger partial charge in [-0.25, -0.2) is 4.79 Å². The van der Waals surface area contributed by atoms with Crippen LogP contribution in [0.2, 0.25) is 0 Å². The van der Waals surface area contributed by atoms with E-state index in [9.17, 15) is 14.4 Å². The van der Waals surface area contributed by atoms with Crippen LogP contribution in [0, 0.1) is 0 Å². The van der Waals surface area contributed by atoms with Gasteiger partial charge in [-0.1, -0.05) is 0 Å². The fourth-order valence-electron chi connectivity index (χ4n) is 1.18. The lowest BCUT2D eigenvalue weighted by Gasteiger charge is -2.12. The Kier molecular flexibility index (Phi) is 6.86. The molecule has 1 amide bonds. The summed E-state index contributed by atoms with van der Waals surface area (Å²) in [6, 6.07) is -1.13. The first-order valence-corrected chi connectivity index (χ1v) is 5.18. The maximum atomic E-state index is 11.1. The largest absolute Gasteiger partial charge is 0.481 e. The lowest BCUT2D eigenvalue weighted by atomic mass is 10.1. The zero-order valence-electron chi connectivity index (χ0n) is 9.68. The van der Waals surface area contributed by atoms with Crippen molar-refractivity contribution >= 4 is 23.8 Å². The van der Waals surface area contributed by atoms with E-state index in [1.807, 2.05) is 0 Å². The monoisotopic (exact) mass is 261 g/mol. The summed E-state index contributed by atoms with van der Waals surface area (Å²) >= 11 is 0. The van der Waals surface area contributed by atoms with Crippen molar-refractivity contribution in [3.05, 3.63) is 0 Å². The number of guanidine groups is 1. The molecule has 0 fully saturated rings. The molecule has 0 bridgehead atoms. The maximum Gasteiger partial charge on any atom is 0.338 e. The molecule has 0 aromatic carbocycles. The van der Waals surface area contributed by atoms with E-state index in [1.165, 1.54) is 0 Å². The Hall–Kier alpha value is -2.32. The quantitative estimate of drug-likeness (QED) is 0.112. The lowest BCUT2D eigenvalue weighted by molar-refractivity contribution is -0.459. The number of hydrogen-bond acceptors (Lipinski definition) is 3. The smallest absolute Gasteiger partial charge is 0.338 e. The molecule has 0 aromatic rings. The summed E-state index contributed by atoms with van der Waals surface area (Å²) in [7, 11) is 0. The highest BCUT2D eigenvalue weighted by molar-refractivity contribution is 5.95. The van der Waals surface area contributed by atoms with Crippen LogP contribution in [0.5, 0.6) is 0 Å². The predicted octanol–water partition coefficient (Wildman–Crippen LogP) is -3.84. The number of carboxylic acids is 2. The molecule has 0 saturated carbocycles. The van der Waals surface area contributed by atoms with Gasteiger partial charge < -0.3 is 15.5 Å². The second-order valence-electron chi connectivity index (χ2n) is 3.55. The summed E-state index contributed by atoms with van der Waals surface area (Å²) in [5.74, 6) is -3.35. The summed E-state index contributed by atoms with van der Waals surface area (Å²) in [5.41, 5.74) is 10.3. The fraction of sp³-hybridized carbons (Fsp3) is 0.556. The zero-order chi connectivity index (χ0) is 14.1. The van der Waals surface area contributed by atoms with Gasteiger partial charge in [-0.2, -0.15) is 0 Å². The highest BCUT2D eigenvalue weighted by Gasteiger charge is 2.20. The first-order valence-electron chi connectivity index (χ1n) is 5.18. The molecule has 102 valence electrons. The van der Waals surface area contributed by atoms with Crippen molar-refractivity contribution in [2.45, 2.75) is 25.3 Å². The van der Waals surface area contributed by atoms with Crippen LogP contribution in [-0.2, 0) is 14.4 Å². The first-order chi connectivity index (χ1) is 8.32. The molecule has 9 heteroatoms. The third-order valence-electron chi connectivity index (χ3n) is 1.94. The first kappa shape index (κ1) is 15.7. The highest BCUT2D eigenvalue weighted by Crippen LogP contribution is 1.97. The maximum absolute atomic E-state index is 11.1. The van der Waals surface area contributed by atoms with Crippen LogP contribution in [0.15, 0.2) is 0 Å². The summed E-state index contributed by atoms with van der Waals surface area (Å²) in [6.07, 6.45) is -0.214. The number of rotatable bonds is 8. The van der Waals surface area contributed by atoms with Gasteiger partial charge in [0.25, 0.3) is 0 Å². The number of nitrogens with two attached hydrogens (primary N) is 2. The second-order valence-corrected chi connectivity index (χ2v) is 3.55. The number of hydrogen-bond donors (Lipinski definition) is 6. The van der Waals surface area contributed by atoms with E-state index in [4.69, 9.17) is 21.7 Å². The van der Waals surface area contributed by atoms with Gasteiger partial charge in [0.05, 0.1) is 6.54 Å². The van der Waals surface area contributed by atoms with Gasteiger partial charge in [-0.3, -0.25) is 26.0 Å². The minimum Gasteiger partial charge on any atom is -0.481 e. The van der Waals surface area contributed by atoms with Gasteiger partial charge >= 0.3 is 17.9 Å². The Bertz CT molecular complexity index is 351. The molecule has 9 nitrogen and oxygen atoms in total. The van der Waals surface area contributed by atoms with E-state index in [1.54, 1.807) is 0 Å². The molecule has 0 saturated heterocycles. The van der Waals surface area contributed by atoms with Gasteiger partial charge in [0.15, 0.2) is 0 Å². The van der Waals surface area contributed by atoms with Crippen LogP contribution in [-0.4, -0.2) is 46.6 Å². The Morgan fingerprint density at radius 3 is 2.28 bits per heavy atom. The molecule has 1 unspecified atom stereocenters. The molecule has 0 rings (SSSR count). The van der Waals surface area contributed by atoms with Crippen molar-refractivity contribution < 1.29 is 29.6 Å². The van der Waals surface area contributed by atoms with Gasteiger partial charge in [0.1, 0.15) is 12.5 Å². The van der Waals surface area contributed by atoms with E-state index in [2.05, 4.69) is 10.3 Å². The number of carbonyl (C=O) groups excluding carboxylic acids is 1. The normalized spacial score (nSPS) is 11.3. The topological polar surface area (TPSA) is 170 Å². The molecular weight excluding hydrogens is 244 g/mol. The van der Waals surface area contributed by atoms with Crippen molar-refractivity contribution in [1.29, 1.82) is 0 Å². The molecule has 0 spiro atoms. The van der Waals surface area contributed by atoms with Crippen molar-refractivity contribution in [2.75, 3.05) is 6.54 Å². The van der Waals surface area contributed by atoms with Crippen molar-refractivity contribution in [3.63, 3.8) is 0 Å². The number of carboxylic acid groups (broad SMARTS) is 2. The number of amides is 1. The lowest BCUT2D eigenvalue weighted by Crippen LogP contribution is -2.78. The van der Waals surface area contributed by atoms with E-state index in [0.29, 0.717) is 13.0 Å². The van der Waals surface area contributed by atoms with Crippen LogP contribution >= 0.6 is 0 Å². The van der Waals surface area contributed by atoms with E-state index < -0.39 is 30.3 Å². The third-order valence-corrected chi connectivity index (χ3v) is 1.94. The standard InChI is InChI=1S/C9H16N4O5/c10-9(11)12-3-1-2-5(8(17)18)13-6(14)4-7(15)16/h5H,1-4H2,(H,13,14)(H,15,16)(H,17,18)(H4,10,11,12)/p+1. The summed E-state index contributed by atoms with van der Waals surface area (Å²) in [5, 5.41) is 19.3. The Balaban J connectivity index is 4.15. The van der Waals surface area contributed by atoms with Crippen molar-refractivity contribution in [2.24, 2.45) is 11.5 Å². The predicted molar refractivity (Wildman–Crippen MR) is 60.3 cm³/mol. The van der Waals surface area contributed by atoms with Crippen LogP contribution in [0.3, 0.4) is 0 Å². The third kappa shape index (κ3) is 7.91. The van der Waals surface area contributed by atoms with E-state index in [-0.39, 0.29) is 12.4 Å². The molecule has 8 N–H and O–H groups in total. The summed E-state index contributed by atoms with van der Waals surface area (Å²) in [4.78, 5) is 34.8. The van der Waals surface area contributed by atoms with Crippen molar-refractivity contribution in [3.8, 4) is 0 Å². The molecule has 0 aliphatic carbocycles. The SMILES string of the molecule is NC(N)=[NH+]CCCC(NC(=O)CC(=O)O)C(=O)O. The average molecular weight is 261 g/mol. The van der Waals surface area contributed by atoms with Crippen LogP contribution in [0.25, 0.3) is 0 Å². The Labute approximate surface area is 103 Å². The fourth-order valence-corrected chi connectivity index (χ4v) is 1.18. The zero-order valence-corrected chi connectivity index (χ0v) is 9.68. The Morgan fingerprint density at radius 1 is 1.22 bits per heavy atom. The Morgan fingerprint density at radius 2 is 1.83 bits per heavy atom. The van der Waals surface area contributed by atoms with E-state index in [0.717, 1.165) is 0 Å². The minimum absolute atomic E-state index is 0.0248. The van der Waals surface area contributed by atoms with Crippen LogP contribution in [0.1, 0.15) is 19.3 Å². The van der Waals surface area contributed by atoms with Gasteiger partial charge in [0.2, 0.25) is 5.91 Å². The summed E-state index contributed by atoms with van der Waals surface area (Å²) in [6.45, 7) is 0.362.